The molecule has 1 rings (SSSR count). The first-order valence-corrected chi connectivity index (χ1v) is 17.4. The molecular formula is C34H66N2O4. The molecule has 0 aromatic carbocycles. The Morgan fingerprint density at radius 1 is 0.700 bits per heavy atom. The number of carboxylic acid groups (broad SMARTS) is 1. The number of nitrogens with zero attached hydrogens (tertiary/aromatic N) is 2. The number of rotatable bonds is 28. The minimum Gasteiger partial charge on any atom is -0.466 e. The van der Waals surface area contributed by atoms with Crippen LogP contribution in [0.2, 0.25) is 0 Å². The molecule has 0 aromatic rings. The van der Waals surface area contributed by atoms with E-state index in [4.69, 9.17) is 4.74 Å². The highest BCUT2D eigenvalue weighted by molar-refractivity contribution is 5.69. The van der Waals surface area contributed by atoms with Gasteiger partial charge in [0.15, 0.2) is 0 Å². The maximum absolute atomic E-state index is 12.0. The molecule has 236 valence electrons. The molecule has 1 heterocycles. The minimum absolute atomic E-state index is 0.0342. The van der Waals surface area contributed by atoms with Gasteiger partial charge in [-0.1, -0.05) is 117 Å². The van der Waals surface area contributed by atoms with Gasteiger partial charge in [0.25, 0.3) is 0 Å². The van der Waals surface area contributed by atoms with E-state index >= 15 is 0 Å². The molecule has 6 heteroatoms. The Bertz CT molecular complexity index is 600. The van der Waals surface area contributed by atoms with Crippen molar-refractivity contribution in [3.8, 4) is 0 Å². The standard InChI is InChI=1S/C34H66N2O4/c1-3-5-7-9-10-11-12-13-14-15-16-20-26-35(28-24-32-25-29-36(31-32)34(38)39)27-21-18-19-23-33(37)40-30-22-17-8-6-4-2/h32H,3-31H2,1-2H3,(H,38,39). The van der Waals surface area contributed by atoms with Gasteiger partial charge in [-0.15, -0.1) is 0 Å². The molecule has 1 fully saturated rings. The second-order valence-corrected chi connectivity index (χ2v) is 12.3. The van der Waals surface area contributed by atoms with E-state index in [2.05, 4.69) is 18.7 Å². The van der Waals surface area contributed by atoms with Gasteiger partial charge in [-0.2, -0.15) is 0 Å². The number of esters is 1. The zero-order chi connectivity index (χ0) is 29.1. The van der Waals surface area contributed by atoms with Crippen LogP contribution in [-0.4, -0.2) is 66.3 Å². The first-order valence-electron chi connectivity index (χ1n) is 17.4. The van der Waals surface area contributed by atoms with Crippen LogP contribution in [0.15, 0.2) is 0 Å². The highest BCUT2D eigenvalue weighted by atomic mass is 16.5. The van der Waals surface area contributed by atoms with Gasteiger partial charge in [0.1, 0.15) is 0 Å². The normalized spacial score (nSPS) is 15.3. The van der Waals surface area contributed by atoms with E-state index in [1.807, 2.05) is 0 Å². The lowest BCUT2D eigenvalue weighted by atomic mass is 10.0. The van der Waals surface area contributed by atoms with Crippen molar-refractivity contribution in [1.29, 1.82) is 0 Å². The van der Waals surface area contributed by atoms with Gasteiger partial charge < -0.3 is 19.6 Å². The molecule has 0 spiro atoms. The molecule has 0 radical (unpaired) electrons. The van der Waals surface area contributed by atoms with Crippen LogP contribution in [0.1, 0.15) is 162 Å². The van der Waals surface area contributed by atoms with Crippen LogP contribution in [0.4, 0.5) is 4.79 Å². The maximum atomic E-state index is 12.0. The Kier molecular flexibility index (Phi) is 24.4. The number of hydrogen-bond acceptors (Lipinski definition) is 4. The minimum atomic E-state index is -0.772. The van der Waals surface area contributed by atoms with Crippen LogP contribution in [0.3, 0.4) is 0 Å². The highest BCUT2D eigenvalue weighted by Gasteiger charge is 2.25. The Hall–Kier alpha value is -1.30. The monoisotopic (exact) mass is 567 g/mol. The third-order valence-corrected chi connectivity index (χ3v) is 8.60. The van der Waals surface area contributed by atoms with E-state index in [0.29, 0.717) is 32.0 Å². The van der Waals surface area contributed by atoms with Crippen molar-refractivity contribution in [3.63, 3.8) is 0 Å². The lowest BCUT2D eigenvalue weighted by molar-refractivity contribution is -0.143. The Labute approximate surface area is 248 Å². The third-order valence-electron chi connectivity index (χ3n) is 8.60. The predicted octanol–water partition coefficient (Wildman–Crippen LogP) is 9.45. The van der Waals surface area contributed by atoms with Crippen molar-refractivity contribution in [1.82, 2.24) is 9.80 Å². The summed E-state index contributed by atoms with van der Waals surface area (Å²) in [6.45, 7) is 9.75. The molecule has 1 N–H and O–H groups in total. The number of hydrogen-bond donors (Lipinski definition) is 1. The van der Waals surface area contributed by atoms with E-state index in [1.165, 1.54) is 96.3 Å². The van der Waals surface area contributed by atoms with Crippen molar-refractivity contribution in [3.05, 3.63) is 0 Å². The molecular weight excluding hydrogens is 500 g/mol. The third kappa shape index (κ3) is 21.4. The van der Waals surface area contributed by atoms with Gasteiger partial charge >= 0.3 is 12.1 Å². The van der Waals surface area contributed by atoms with Crippen LogP contribution in [0, 0.1) is 5.92 Å². The van der Waals surface area contributed by atoms with E-state index in [0.717, 1.165) is 64.6 Å². The van der Waals surface area contributed by atoms with E-state index in [-0.39, 0.29) is 5.97 Å². The molecule has 1 amide bonds. The number of carbonyl (C=O) groups is 2. The largest absolute Gasteiger partial charge is 0.466 e. The summed E-state index contributed by atoms with van der Waals surface area (Å²) < 4.78 is 5.40. The lowest BCUT2D eigenvalue weighted by Gasteiger charge is -2.24. The molecule has 6 nitrogen and oxygen atoms in total. The highest BCUT2D eigenvalue weighted by Crippen LogP contribution is 2.20. The average Bonchev–Trinajstić information content (AvgIpc) is 3.43. The van der Waals surface area contributed by atoms with E-state index in [1.54, 1.807) is 4.90 Å². The SMILES string of the molecule is CCCCCCCCCCCCCCN(CCCCCC(=O)OCCCCCCC)CCC1CCN(C(=O)O)C1. The molecule has 0 aromatic heterocycles. The lowest BCUT2D eigenvalue weighted by Crippen LogP contribution is -2.30. The molecule has 40 heavy (non-hydrogen) atoms. The summed E-state index contributed by atoms with van der Waals surface area (Å²) in [5.41, 5.74) is 0. The summed E-state index contributed by atoms with van der Waals surface area (Å²) in [6, 6.07) is 0. The smallest absolute Gasteiger partial charge is 0.407 e. The summed E-state index contributed by atoms with van der Waals surface area (Å²) in [5.74, 6) is 0.463. The van der Waals surface area contributed by atoms with E-state index < -0.39 is 6.09 Å². The van der Waals surface area contributed by atoms with Gasteiger partial charge in [0.05, 0.1) is 6.61 Å². The maximum Gasteiger partial charge on any atom is 0.407 e. The van der Waals surface area contributed by atoms with Gasteiger partial charge in [0.2, 0.25) is 0 Å². The summed E-state index contributed by atoms with van der Waals surface area (Å²) in [4.78, 5) is 27.5. The molecule has 1 aliphatic rings. The summed E-state index contributed by atoms with van der Waals surface area (Å²) in [6.07, 6.45) is 27.3. The number of amides is 1. The van der Waals surface area contributed by atoms with Gasteiger partial charge in [-0.3, -0.25) is 4.79 Å². The van der Waals surface area contributed by atoms with Gasteiger partial charge in [-0.05, 0) is 64.1 Å². The van der Waals surface area contributed by atoms with Crippen molar-refractivity contribution < 1.29 is 19.4 Å². The van der Waals surface area contributed by atoms with Crippen molar-refractivity contribution in [2.24, 2.45) is 5.92 Å². The fraction of sp³-hybridized carbons (Fsp3) is 0.941. The zero-order valence-electron chi connectivity index (χ0n) is 26.6. The van der Waals surface area contributed by atoms with Crippen LogP contribution in [-0.2, 0) is 9.53 Å². The second kappa shape index (κ2) is 26.6. The summed E-state index contributed by atoms with van der Waals surface area (Å²) in [7, 11) is 0. The number of likely N-dealkylation sites (tertiary alicyclic amines) is 1. The topological polar surface area (TPSA) is 70.1 Å². The average molecular weight is 567 g/mol. The van der Waals surface area contributed by atoms with Crippen LogP contribution >= 0.6 is 0 Å². The van der Waals surface area contributed by atoms with Crippen molar-refractivity contribution in [2.45, 2.75) is 162 Å². The number of ether oxygens (including phenoxy) is 1. The van der Waals surface area contributed by atoms with Crippen molar-refractivity contribution >= 4 is 12.1 Å². The Morgan fingerprint density at radius 3 is 1.73 bits per heavy atom. The molecule has 0 saturated carbocycles. The fourth-order valence-corrected chi connectivity index (χ4v) is 5.86. The number of carbonyl (C=O) groups excluding carboxylic acids is 1. The zero-order valence-corrected chi connectivity index (χ0v) is 26.6. The van der Waals surface area contributed by atoms with Crippen LogP contribution in [0.5, 0.6) is 0 Å². The molecule has 1 aliphatic heterocycles. The number of unbranched alkanes of at least 4 members (excludes halogenated alkanes) is 17. The fourth-order valence-electron chi connectivity index (χ4n) is 5.86. The quantitative estimate of drug-likeness (QED) is 0.0754. The second-order valence-electron chi connectivity index (χ2n) is 12.3. The van der Waals surface area contributed by atoms with E-state index in [9.17, 15) is 14.7 Å². The van der Waals surface area contributed by atoms with Crippen LogP contribution < -0.4 is 0 Å². The molecule has 1 atom stereocenters. The molecule has 1 unspecified atom stereocenters. The predicted molar refractivity (Wildman–Crippen MR) is 168 cm³/mol. The Balaban J connectivity index is 2.18. The van der Waals surface area contributed by atoms with Gasteiger partial charge in [-0.25, -0.2) is 4.79 Å². The summed E-state index contributed by atoms with van der Waals surface area (Å²) in [5, 5.41) is 9.27. The Morgan fingerprint density at radius 2 is 1.20 bits per heavy atom. The molecule has 0 aliphatic carbocycles. The first kappa shape index (κ1) is 36.7. The van der Waals surface area contributed by atoms with Crippen LogP contribution in [0.25, 0.3) is 0 Å². The summed E-state index contributed by atoms with van der Waals surface area (Å²) >= 11 is 0. The van der Waals surface area contributed by atoms with Gasteiger partial charge in [0, 0.05) is 19.5 Å². The molecule has 0 bridgehead atoms. The first-order chi connectivity index (χ1) is 19.6. The van der Waals surface area contributed by atoms with Crippen molar-refractivity contribution in [2.75, 3.05) is 39.3 Å². The molecule has 1 saturated heterocycles.